The Hall–Kier alpha value is -1.38. The van der Waals surface area contributed by atoms with E-state index in [-0.39, 0.29) is 17.2 Å². The predicted molar refractivity (Wildman–Crippen MR) is 69.1 cm³/mol. The van der Waals surface area contributed by atoms with Crippen LogP contribution in [0.2, 0.25) is 0 Å². The average Bonchev–Trinajstić information content (AvgIpc) is 3.09. The number of carboxylic acid groups (broad SMARTS) is 1. The van der Waals surface area contributed by atoms with Crippen LogP contribution in [0.3, 0.4) is 0 Å². The third-order valence-electron chi connectivity index (χ3n) is 2.96. The van der Waals surface area contributed by atoms with Crippen molar-refractivity contribution in [2.75, 3.05) is 19.8 Å². The summed E-state index contributed by atoms with van der Waals surface area (Å²) in [7, 11) is -3.78. The molecule has 0 saturated heterocycles. The number of sulfonamides is 1. The van der Waals surface area contributed by atoms with Crippen LogP contribution in [0.25, 0.3) is 0 Å². The van der Waals surface area contributed by atoms with E-state index in [2.05, 4.69) is 4.72 Å². The van der Waals surface area contributed by atoms with Crippen LogP contribution in [0, 0.1) is 12.8 Å². The number of furan rings is 1. The Morgan fingerprint density at radius 2 is 2.25 bits per heavy atom. The van der Waals surface area contributed by atoms with Gasteiger partial charge in [0.25, 0.3) is 0 Å². The Morgan fingerprint density at radius 3 is 2.80 bits per heavy atom. The van der Waals surface area contributed by atoms with Crippen LogP contribution < -0.4 is 4.72 Å². The highest BCUT2D eigenvalue weighted by Crippen LogP contribution is 2.28. The summed E-state index contributed by atoms with van der Waals surface area (Å²) in [6, 6.07) is 1.01. The lowest BCUT2D eigenvalue weighted by molar-refractivity contribution is 0.0661. The zero-order chi connectivity index (χ0) is 14.8. The summed E-state index contributed by atoms with van der Waals surface area (Å²) in [6.07, 6.45) is 2.36. The number of aromatic carboxylic acids is 1. The second kappa shape index (κ2) is 5.94. The van der Waals surface area contributed by atoms with Gasteiger partial charge in [-0.25, -0.2) is 17.9 Å². The first-order valence-electron chi connectivity index (χ1n) is 6.31. The fourth-order valence-corrected chi connectivity index (χ4v) is 2.89. The van der Waals surface area contributed by atoms with Crippen LogP contribution in [-0.4, -0.2) is 39.3 Å². The topological polar surface area (TPSA) is 106 Å². The Kier molecular flexibility index (Phi) is 4.46. The summed E-state index contributed by atoms with van der Waals surface area (Å²) in [5.74, 6) is -1.02. The third kappa shape index (κ3) is 3.81. The minimum atomic E-state index is -3.78. The summed E-state index contributed by atoms with van der Waals surface area (Å²) < 4.78 is 36.5. The molecule has 0 atom stereocenters. The molecular formula is C12H17NO6S. The van der Waals surface area contributed by atoms with E-state index in [1.165, 1.54) is 19.8 Å². The van der Waals surface area contributed by atoms with Gasteiger partial charge in [-0.3, -0.25) is 0 Å². The first-order chi connectivity index (χ1) is 9.40. The van der Waals surface area contributed by atoms with Crippen molar-refractivity contribution in [2.24, 2.45) is 5.92 Å². The van der Waals surface area contributed by atoms with E-state index in [1.54, 1.807) is 0 Å². The molecule has 1 saturated carbocycles. The quantitative estimate of drug-likeness (QED) is 0.694. The number of ether oxygens (including phenoxy) is 1. The molecule has 1 aliphatic rings. The fourth-order valence-electron chi connectivity index (χ4n) is 1.70. The van der Waals surface area contributed by atoms with Gasteiger partial charge in [-0.15, -0.1) is 0 Å². The van der Waals surface area contributed by atoms with E-state index in [9.17, 15) is 13.2 Å². The molecule has 1 aliphatic carbocycles. The van der Waals surface area contributed by atoms with Gasteiger partial charge in [0.1, 0.15) is 10.7 Å². The third-order valence-corrected chi connectivity index (χ3v) is 4.53. The molecule has 1 aromatic heterocycles. The normalized spacial score (nSPS) is 15.4. The zero-order valence-corrected chi connectivity index (χ0v) is 11.9. The van der Waals surface area contributed by atoms with E-state index < -0.39 is 21.8 Å². The molecule has 1 aromatic rings. The average molecular weight is 303 g/mol. The maximum Gasteiger partial charge on any atom is 0.371 e. The van der Waals surface area contributed by atoms with Gasteiger partial charge in [0, 0.05) is 19.2 Å². The van der Waals surface area contributed by atoms with Gasteiger partial charge in [-0.1, -0.05) is 0 Å². The standard InChI is InChI=1S/C12H17NO6S/c1-8-11(6-10(19-8)12(14)15)20(16,17)13-4-5-18-7-9-2-3-9/h6,9,13H,2-5,7H2,1H3,(H,14,15). The zero-order valence-electron chi connectivity index (χ0n) is 11.1. The fraction of sp³-hybridized carbons (Fsp3) is 0.583. The summed E-state index contributed by atoms with van der Waals surface area (Å²) in [5.41, 5.74) is 0. The predicted octanol–water partition coefficient (Wildman–Crippen LogP) is 0.991. The van der Waals surface area contributed by atoms with Gasteiger partial charge >= 0.3 is 5.97 Å². The Morgan fingerprint density at radius 1 is 1.55 bits per heavy atom. The molecule has 112 valence electrons. The molecule has 0 aromatic carbocycles. The lowest BCUT2D eigenvalue weighted by Crippen LogP contribution is -2.27. The molecule has 1 heterocycles. The highest BCUT2D eigenvalue weighted by Gasteiger charge is 2.24. The summed E-state index contributed by atoms with van der Waals surface area (Å²) >= 11 is 0. The Bertz CT molecular complexity index is 587. The molecular weight excluding hydrogens is 286 g/mol. The molecule has 0 unspecified atom stereocenters. The number of aryl methyl sites for hydroxylation is 1. The minimum Gasteiger partial charge on any atom is -0.475 e. The van der Waals surface area contributed by atoms with Gasteiger partial charge in [-0.2, -0.15) is 0 Å². The van der Waals surface area contributed by atoms with Crippen molar-refractivity contribution in [2.45, 2.75) is 24.7 Å². The molecule has 0 bridgehead atoms. The lowest BCUT2D eigenvalue weighted by Gasteiger charge is -2.06. The van der Waals surface area contributed by atoms with Gasteiger partial charge < -0.3 is 14.3 Å². The number of carbonyl (C=O) groups is 1. The van der Waals surface area contributed by atoms with Crippen LogP contribution >= 0.6 is 0 Å². The van der Waals surface area contributed by atoms with E-state index >= 15 is 0 Å². The summed E-state index contributed by atoms with van der Waals surface area (Å²) in [4.78, 5) is 10.6. The van der Waals surface area contributed by atoms with Crippen molar-refractivity contribution in [3.8, 4) is 0 Å². The molecule has 0 amide bonds. The number of hydrogen-bond donors (Lipinski definition) is 2. The van der Waals surface area contributed by atoms with Crippen molar-refractivity contribution in [3.05, 3.63) is 17.6 Å². The number of hydrogen-bond acceptors (Lipinski definition) is 5. The van der Waals surface area contributed by atoms with Gasteiger partial charge in [0.05, 0.1) is 6.61 Å². The van der Waals surface area contributed by atoms with Gasteiger partial charge in [0.2, 0.25) is 15.8 Å². The summed E-state index contributed by atoms with van der Waals surface area (Å²) in [5, 5.41) is 8.76. The van der Waals surface area contributed by atoms with Crippen molar-refractivity contribution < 1.29 is 27.5 Å². The van der Waals surface area contributed by atoms with Crippen molar-refractivity contribution in [1.82, 2.24) is 4.72 Å². The van der Waals surface area contributed by atoms with Crippen LogP contribution in [-0.2, 0) is 14.8 Å². The molecule has 1 fully saturated rings. The van der Waals surface area contributed by atoms with Crippen LogP contribution in [0.4, 0.5) is 0 Å². The lowest BCUT2D eigenvalue weighted by atomic mass is 10.4. The number of nitrogens with one attached hydrogen (secondary N) is 1. The maximum atomic E-state index is 12.0. The monoisotopic (exact) mass is 303 g/mol. The van der Waals surface area contributed by atoms with E-state index in [0.29, 0.717) is 19.1 Å². The SMILES string of the molecule is Cc1oc(C(=O)O)cc1S(=O)(=O)NCCOCC1CC1. The van der Waals surface area contributed by atoms with Gasteiger partial charge in [-0.05, 0) is 25.7 Å². The highest BCUT2D eigenvalue weighted by atomic mass is 32.2. The molecule has 7 nitrogen and oxygen atoms in total. The molecule has 20 heavy (non-hydrogen) atoms. The first kappa shape index (κ1) is 15.0. The summed E-state index contributed by atoms with van der Waals surface area (Å²) in [6.45, 7) is 2.50. The second-order valence-corrected chi connectivity index (χ2v) is 6.49. The Balaban J connectivity index is 1.89. The second-order valence-electron chi connectivity index (χ2n) is 4.75. The molecule has 0 radical (unpaired) electrons. The molecule has 2 rings (SSSR count). The minimum absolute atomic E-state index is 0.0498. The smallest absolute Gasteiger partial charge is 0.371 e. The number of carboxylic acids is 1. The van der Waals surface area contributed by atoms with Crippen molar-refractivity contribution in [1.29, 1.82) is 0 Å². The largest absolute Gasteiger partial charge is 0.475 e. The van der Waals surface area contributed by atoms with E-state index in [4.69, 9.17) is 14.3 Å². The van der Waals surface area contributed by atoms with Crippen LogP contribution in [0.15, 0.2) is 15.4 Å². The molecule has 0 spiro atoms. The van der Waals surface area contributed by atoms with Crippen LogP contribution in [0.1, 0.15) is 29.2 Å². The highest BCUT2D eigenvalue weighted by molar-refractivity contribution is 7.89. The first-order valence-corrected chi connectivity index (χ1v) is 7.79. The van der Waals surface area contributed by atoms with E-state index in [1.807, 2.05) is 0 Å². The molecule has 8 heteroatoms. The van der Waals surface area contributed by atoms with E-state index in [0.717, 1.165) is 6.07 Å². The number of rotatable bonds is 8. The maximum absolute atomic E-state index is 12.0. The van der Waals surface area contributed by atoms with Crippen molar-refractivity contribution in [3.63, 3.8) is 0 Å². The van der Waals surface area contributed by atoms with Gasteiger partial charge in [0.15, 0.2) is 0 Å². The van der Waals surface area contributed by atoms with Crippen LogP contribution in [0.5, 0.6) is 0 Å². The molecule has 2 N–H and O–H groups in total. The van der Waals surface area contributed by atoms with Crippen molar-refractivity contribution >= 4 is 16.0 Å². The Labute approximate surface area is 117 Å². The molecule has 0 aliphatic heterocycles.